The molecule has 5 aliphatic carbocycles. The van der Waals surface area contributed by atoms with Gasteiger partial charge in [0.1, 0.15) is 0 Å². The second-order valence-corrected chi connectivity index (χ2v) is 13.6. The van der Waals surface area contributed by atoms with Crippen LogP contribution >= 0.6 is 0 Å². The van der Waals surface area contributed by atoms with Crippen LogP contribution < -0.4 is 0 Å². The maximum Gasteiger partial charge on any atom is 0.310 e. The molecule has 0 radical (unpaired) electrons. The highest BCUT2D eigenvalue weighted by atomic mass is 16.4. The van der Waals surface area contributed by atoms with Gasteiger partial charge in [0, 0.05) is 5.92 Å². The zero-order valence-corrected chi connectivity index (χ0v) is 21.0. The smallest absolute Gasteiger partial charge is 0.310 e. The molecule has 8 atom stereocenters. The van der Waals surface area contributed by atoms with Crippen LogP contribution in [0.4, 0.5) is 0 Å². The standard InChI is InChI=1S/C29H44O3/c1-18-9-14-29(24(31)32)16-15-27(5)19(20(29)17-18)7-8-22-26(4)12-11-23(30)25(2,3)21(26)10-13-28(22,27)6/h7,20-23,30H,1,8-17H2,2-6H3,(H,31,32)/t20-,21-,22+,23?,26+,27-,28-,29+/m1/s1. The van der Waals surface area contributed by atoms with Crippen LogP contribution in [0, 0.1) is 44.8 Å². The zero-order chi connectivity index (χ0) is 23.3. The number of carboxylic acids is 1. The first-order valence-electron chi connectivity index (χ1n) is 13.1. The van der Waals surface area contributed by atoms with Gasteiger partial charge in [-0.2, -0.15) is 0 Å². The molecule has 1 unspecified atom stereocenters. The average molecular weight is 441 g/mol. The van der Waals surface area contributed by atoms with E-state index in [0.717, 1.165) is 51.4 Å². The summed E-state index contributed by atoms with van der Waals surface area (Å²) in [5, 5.41) is 21.2. The molecule has 32 heavy (non-hydrogen) atoms. The van der Waals surface area contributed by atoms with Crippen molar-refractivity contribution in [2.45, 2.75) is 105 Å². The lowest BCUT2D eigenvalue weighted by atomic mass is 9.34. The SMILES string of the molecule is C=C1CC[C@]2(C(=O)O)CC[C@]3(C)C(=CC[C@H]4[C@@]5(C)CCC(O)C(C)(C)[C@H]5CC[C@]43C)[C@H]2C1. The number of aliphatic carboxylic acids is 1. The number of carboxylic acid groups (broad SMARTS) is 1. The summed E-state index contributed by atoms with van der Waals surface area (Å²) in [6.07, 6.45) is 12.0. The summed E-state index contributed by atoms with van der Waals surface area (Å²) in [6, 6.07) is 0. The van der Waals surface area contributed by atoms with Crippen molar-refractivity contribution in [3.8, 4) is 0 Å². The maximum atomic E-state index is 12.6. The van der Waals surface area contributed by atoms with Gasteiger partial charge in [-0.25, -0.2) is 0 Å². The number of carbonyl (C=O) groups is 1. The molecule has 178 valence electrons. The fourth-order valence-corrected chi connectivity index (χ4v) is 10.2. The molecule has 3 heteroatoms. The van der Waals surface area contributed by atoms with Crippen LogP contribution in [0.2, 0.25) is 0 Å². The molecule has 0 amide bonds. The molecular formula is C29H44O3. The molecule has 0 bridgehead atoms. The summed E-state index contributed by atoms with van der Waals surface area (Å²) in [5.41, 5.74) is 2.55. The highest BCUT2D eigenvalue weighted by molar-refractivity contribution is 5.77. The number of fused-ring (bicyclic) bond motifs is 7. The van der Waals surface area contributed by atoms with Crippen LogP contribution in [0.1, 0.15) is 98.8 Å². The third-order valence-corrected chi connectivity index (χ3v) is 12.5. The Bertz CT molecular complexity index is 885. The molecule has 0 saturated heterocycles. The van der Waals surface area contributed by atoms with Crippen LogP contribution in [-0.4, -0.2) is 22.3 Å². The maximum absolute atomic E-state index is 12.6. The molecule has 5 aliphatic rings. The first-order valence-corrected chi connectivity index (χ1v) is 13.1. The van der Waals surface area contributed by atoms with Crippen LogP contribution in [0.5, 0.6) is 0 Å². The number of aliphatic hydroxyl groups excluding tert-OH is 1. The van der Waals surface area contributed by atoms with Gasteiger partial charge in [-0.15, -0.1) is 0 Å². The number of aliphatic hydroxyl groups is 1. The fraction of sp³-hybridized carbons (Fsp3) is 0.828. The first kappa shape index (κ1) is 22.7. The van der Waals surface area contributed by atoms with Crippen LogP contribution in [0.15, 0.2) is 23.8 Å². The highest BCUT2D eigenvalue weighted by Crippen LogP contribution is 2.75. The monoisotopic (exact) mass is 440 g/mol. The second-order valence-electron chi connectivity index (χ2n) is 13.6. The Labute approximate surface area is 194 Å². The van der Waals surface area contributed by atoms with Crippen molar-refractivity contribution in [3.05, 3.63) is 23.8 Å². The van der Waals surface area contributed by atoms with Gasteiger partial charge in [0.25, 0.3) is 0 Å². The summed E-state index contributed by atoms with van der Waals surface area (Å²) in [6.45, 7) is 16.5. The Balaban J connectivity index is 1.60. The minimum Gasteiger partial charge on any atom is -0.481 e. The van der Waals surface area contributed by atoms with Gasteiger partial charge in [-0.1, -0.05) is 58.4 Å². The minimum absolute atomic E-state index is 0.0363. The van der Waals surface area contributed by atoms with E-state index in [1.807, 2.05) is 0 Å². The van der Waals surface area contributed by atoms with Gasteiger partial charge >= 0.3 is 5.97 Å². The van der Waals surface area contributed by atoms with Gasteiger partial charge in [-0.05, 0) is 97.7 Å². The lowest BCUT2D eigenvalue weighted by Gasteiger charge is -2.70. The lowest BCUT2D eigenvalue weighted by molar-refractivity contribution is -0.203. The van der Waals surface area contributed by atoms with Crippen LogP contribution in [0.3, 0.4) is 0 Å². The summed E-state index contributed by atoms with van der Waals surface area (Å²) in [7, 11) is 0. The van der Waals surface area contributed by atoms with Crippen LogP contribution in [0.25, 0.3) is 0 Å². The summed E-state index contributed by atoms with van der Waals surface area (Å²) in [4.78, 5) is 12.6. The average Bonchev–Trinajstić information content (AvgIpc) is 2.71. The molecule has 0 spiro atoms. The topological polar surface area (TPSA) is 57.5 Å². The Kier molecular flexibility index (Phi) is 4.78. The van der Waals surface area contributed by atoms with E-state index >= 15 is 0 Å². The molecule has 0 heterocycles. The molecule has 2 N–H and O–H groups in total. The largest absolute Gasteiger partial charge is 0.481 e. The third-order valence-electron chi connectivity index (χ3n) is 12.5. The van der Waals surface area contributed by atoms with E-state index in [4.69, 9.17) is 0 Å². The molecule has 3 nitrogen and oxygen atoms in total. The number of hydrogen-bond acceptors (Lipinski definition) is 2. The molecule has 0 aromatic rings. The van der Waals surface area contributed by atoms with Crippen molar-refractivity contribution in [1.82, 2.24) is 0 Å². The second kappa shape index (κ2) is 6.74. The molecule has 0 aliphatic heterocycles. The summed E-state index contributed by atoms with van der Waals surface area (Å²) >= 11 is 0. The minimum atomic E-state index is -0.590. The Morgan fingerprint density at radius 1 is 1.00 bits per heavy atom. The predicted molar refractivity (Wildman–Crippen MR) is 128 cm³/mol. The molecule has 0 aromatic heterocycles. The van der Waals surface area contributed by atoms with E-state index < -0.39 is 11.4 Å². The van der Waals surface area contributed by atoms with Gasteiger partial charge in [-0.3, -0.25) is 4.79 Å². The quantitative estimate of drug-likeness (QED) is 0.443. The summed E-state index contributed by atoms with van der Waals surface area (Å²) in [5.74, 6) is 0.682. The van der Waals surface area contributed by atoms with Gasteiger partial charge in [0.2, 0.25) is 0 Å². The molecule has 0 aromatic carbocycles. The van der Waals surface area contributed by atoms with Crippen LogP contribution in [-0.2, 0) is 4.79 Å². The van der Waals surface area contributed by atoms with E-state index in [-0.39, 0.29) is 33.7 Å². The van der Waals surface area contributed by atoms with Crippen molar-refractivity contribution < 1.29 is 15.0 Å². The van der Waals surface area contributed by atoms with Gasteiger partial charge in [0.05, 0.1) is 11.5 Å². The predicted octanol–water partition coefficient (Wildman–Crippen LogP) is 6.76. The molecular weight excluding hydrogens is 396 g/mol. The highest BCUT2D eigenvalue weighted by Gasteiger charge is 2.68. The fourth-order valence-electron chi connectivity index (χ4n) is 10.2. The van der Waals surface area contributed by atoms with Crippen molar-refractivity contribution in [1.29, 1.82) is 0 Å². The van der Waals surface area contributed by atoms with Crippen molar-refractivity contribution in [2.24, 2.45) is 44.8 Å². The number of allylic oxidation sites excluding steroid dienone is 3. The van der Waals surface area contributed by atoms with E-state index in [9.17, 15) is 15.0 Å². The summed E-state index contributed by atoms with van der Waals surface area (Å²) < 4.78 is 0. The lowest BCUT2D eigenvalue weighted by Crippen LogP contribution is -2.64. The number of rotatable bonds is 1. The van der Waals surface area contributed by atoms with Crippen molar-refractivity contribution >= 4 is 5.97 Å². The number of hydrogen-bond donors (Lipinski definition) is 2. The third kappa shape index (κ3) is 2.55. The van der Waals surface area contributed by atoms with Gasteiger partial charge in [0.15, 0.2) is 0 Å². The Morgan fingerprint density at radius 2 is 1.72 bits per heavy atom. The molecule has 4 saturated carbocycles. The van der Waals surface area contributed by atoms with E-state index in [2.05, 4.69) is 47.3 Å². The Hall–Kier alpha value is -1.09. The van der Waals surface area contributed by atoms with E-state index in [0.29, 0.717) is 11.8 Å². The molecule has 5 rings (SSSR count). The van der Waals surface area contributed by atoms with Gasteiger partial charge < -0.3 is 10.2 Å². The first-order chi connectivity index (χ1) is 14.8. The Morgan fingerprint density at radius 3 is 2.41 bits per heavy atom. The van der Waals surface area contributed by atoms with E-state index in [1.165, 1.54) is 24.0 Å². The van der Waals surface area contributed by atoms with Crippen molar-refractivity contribution in [3.63, 3.8) is 0 Å². The zero-order valence-electron chi connectivity index (χ0n) is 21.0. The van der Waals surface area contributed by atoms with E-state index in [1.54, 1.807) is 0 Å². The normalized spacial score (nSPS) is 52.1. The molecule has 4 fully saturated rings. The van der Waals surface area contributed by atoms with Crippen molar-refractivity contribution in [2.75, 3.05) is 0 Å².